The SMILES string of the molecule is CC(CC=CCCCC(=O)O)CC(C)(C)C. The number of rotatable bonds is 7. The molecule has 2 nitrogen and oxygen atoms in total. The third-order valence-corrected chi connectivity index (χ3v) is 2.43. The molecule has 0 aliphatic heterocycles. The molecule has 0 aromatic carbocycles. The highest BCUT2D eigenvalue weighted by atomic mass is 16.4. The molecule has 0 fully saturated rings. The summed E-state index contributed by atoms with van der Waals surface area (Å²) in [5, 5.41) is 8.46. The van der Waals surface area contributed by atoms with E-state index in [1.165, 1.54) is 6.42 Å². The quantitative estimate of drug-likeness (QED) is 0.520. The fourth-order valence-electron chi connectivity index (χ4n) is 1.95. The van der Waals surface area contributed by atoms with Crippen molar-refractivity contribution < 1.29 is 9.90 Å². The van der Waals surface area contributed by atoms with E-state index in [-0.39, 0.29) is 6.42 Å². The molecule has 0 aliphatic rings. The largest absolute Gasteiger partial charge is 0.481 e. The maximum Gasteiger partial charge on any atom is 0.303 e. The van der Waals surface area contributed by atoms with E-state index in [2.05, 4.69) is 39.8 Å². The minimum Gasteiger partial charge on any atom is -0.481 e. The minimum absolute atomic E-state index is 0.280. The summed E-state index contributed by atoms with van der Waals surface area (Å²) >= 11 is 0. The molecule has 0 spiro atoms. The van der Waals surface area contributed by atoms with E-state index in [1.54, 1.807) is 0 Å². The monoisotopic (exact) mass is 226 g/mol. The normalized spacial score (nSPS) is 14.2. The fraction of sp³-hybridized carbons (Fsp3) is 0.786. The third-order valence-electron chi connectivity index (χ3n) is 2.43. The fourth-order valence-corrected chi connectivity index (χ4v) is 1.95. The van der Waals surface area contributed by atoms with Crippen LogP contribution in [0.4, 0.5) is 0 Å². The number of allylic oxidation sites excluding steroid dienone is 2. The average molecular weight is 226 g/mol. The van der Waals surface area contributed by atoms with Crippen molar-refractivity contribution in [2.75, 3.05) is 0 Å². The van der Waals surface area contributed by atoms with E-state index in [0.717, 1.165) is 19.3 Å². The second-order valence-electron chi connectivity index (χ2n) is 5.86. The van der Waals surface area contributed by atoms with Gasteiger partial charge in [0.25, 0.3) is 0 Å². The lowest BCUT2D eigenvalue weighted by Gasteiger charge is -2.22. The smallest absolute Gasteiger partial charge is 0.303 e. The molecule has 94 valence electrons. The van der Waals surface area contributed by atoms with Crippen molar-refractivity contribution in [3.8, 4) is 0 Å². The lowest BCUT2D eigenvalue weighted by Crippen LogP contribution is -2.10. The Bertz CT molecular complexity index is 223. The van der Waals surface area contributed by atoms with Crippen LogP contribution >= 0.6 is 0 Å². The molecule has 2 heteroatoms. The molecule has 0 aliphatic carbocycles. The molecule has 0 saturated carbocycles. The summed E-state index contributed by atoms with van der Waals surface area (Å²) in [7, 11) is 0. The van der Waals surface area contributed by atoms with Gasteiger partial charge in [-0.2, -0.15) is 0 Å². The van der Waals surface area contributed by atoms with Gasteiger partial charge in [0.05, 0.1) is 0 Å². The van der Waals surface area contributed by atoms with Crippen LogP contribution in [0, 0.1) is 11.3 Å². The van der Waals surface area contributed by atoms with Gasteiger partial charge in [-0.3, -0.25) is 4.79 Å². The number of carboxylic acids is 1. The summed E-state index contributed by atoms with van der Waals surface area (Å²) in [6.07, 6.45) is 8.55. The second-order valence-corrected chi connectivity index (χ2v) is 5.86. The van der Waals surface area contributed by atoms with Crippen LogP contribution in [-0.4, -0.2) is 11.1 Å². The van der Waals surface area contributed by atoms with E-state index >= 15 is 0 Å². The molecular formula is C14H26O2. The summed E-state index contributed by atoms with van der Waals surface area (Å²) in [4.78, 5) is 10.3. The number of carbonyl (C=O) groups is 1. The second kappa shape index (κ2) is 7.48. The zero-order chi connectivity index (χ0) is 12.6. The van der Waals surface area contributed by atoms with Gasteiger partial charge in [0.2, 0.25) is 0 Å². The molecule has 16 heavy (non-hydrogen) atoms. The van der Waals surface area contributed by atoms with E-state index in [0.29, 0.717) is 11.3 Å². The Morgan fingerprint density at radius 1 is 1.31 bits per heavy atom. The van der Waals surface area contributed by atoms with Crippen LogP contribution in [0.1, 0.15) is 59.8 Å². The van der Waals surface area contributed by atoms with Crippen LogP contribution in [0.2, 0.25) is 0 Å². The van der Waals surface area contributed by atoms with Gasteiger partial charge in [-0.25, -0.2) is 0 Å². The summed E-state index contributed by atoms with van der Waals surface area (Å²) in [6.45, 7) is 9.06. The van der Waals surface area contributed by atoms with Gasteiger partial charge in [-0.15, -0.1) is 0 Å². The molecule has 0 saturated heterocycles. The van der Waals surface area contributed by atoms with E-state index in [9.17, 15) is 4.79 Å². The molecule has 0 aromatic rings. The van der Waals surface area contributed by atoms with Crippen molar-refractivity contribution in [1.82, 2.24) is 0 Å². The zero-order valence-corrected chi connectivity index (χ0v) is 11.1. The molecule has 0 amide bonds. The highest BCUT2D eigenvalue weighted by Crippen LogP contribution is 2.26. The predicted octanol–water partition coefficient (Wildman–Crippen LogP) is 4.26. The van der Waals surface area contributed by atoms with Crippen molar-refractivity contribution in [3.05, 3.63) is 12.2 Å². The number of carboxylic acid groups (broad SMARTS) is 1. The van der Waals surface area contributed by atoms with Crippen LogP contribution in [0.3, 0.4) is 0 Å². The molecule has 1 unspecified atom stereocenters. The van der Waals surface area contributed by atoms with Gasteiger partial charge >= 0.3 is 5.97 Å². The van der Waals surface area contributed by atoms with Crippen LogP contribution in [0.25, 0.3) is 0 Å². The van der Waals surface area contributed by atoms with E-state index in [1.807, 2.05) is 0 Å². The summed E-state index contributed by atoms with van der Waals surface area (Å²) < 4.78 is 0. The first-order valence-corrected chi connectivity index (χ1v) is 6.18. The molecule has 0 aromatic heterocycles. The van der Waals surface area contributed by atoms with Crippen molar-refractivity contribution >= 4 is 5.97 Å². The topological polar surface area (TPSA) is 37.3 Å². The van der Waals surface area contributed by atoms with Crippen LogP contribution in [-0.2, 0) is 4.79 Å². The van der Waals surface area contributed by atoms with Crippen LogP contribution in [0.15, 0.2) is 12.2 Å². The maximum absolute atomic E-state index is 10.3. The molecule has 1 N–H and O–H groups in total. The first kappa shape index (κ1) is 15.2. The first-order valence-electron chi connectivity index (χ1n) is 6.18. The van der Waals surface area contributed by atoms with Gasteiger partial charge in [-0.1, -0.05) is 39.8 Å². The maximum atomic E-state index is 10.3. The molecule has 0 rings (SSSR count). The lowest BCUT2D eigenvalue weighted by molar-refractivity contribution is -0.137. The van der Waals surface area contributed by atoms with E-state index in [4.69, 9.17) is 5.11 Å². The van der Waals surface area contributed by atoms with Gasteiger partial charge < -0.3 is 5.11 Å². The summed E-state index contributed by atoms with van der Waals surface area (Å²) in [6, 6.07) is 0. The van der Waals surface area contributed by atoms with Gasteiger partial charge in [-0.05, 0) is 37.0 Å². The average Bonchev–Trinajstić information content (AvgIpc) is 2.07. The van der Waals surface area contributed by atoms with Crippen molar-refractivity contribution in [2.45, 2.75) is 59.8 Å². The van der Waals surface area contributed by atoms with Gasteiger partial charge in [0, 0.05) is 6.42 Å². The number of hydrogen-bond acceptors (Lipinski definition) is 1. The minimum atomic E-state index is -0.700. The highest BCUT2D eigenvalue weighted by Gasteiger charge is 2.13. The summed E-state index contributed by atoms with van der Waals surface area (Å²) in [5.74, 6) is 0.00484. The van der Waals surface area contributed by atoms with Crippen LogP contribution in [0.5, 0.6) is 0 Å². The Balaban J connectivity index is 3.56. The predicted molar refractivity (Wildman–Crippen MR) is 68.5 cm³/mol. The third kappa shape index (κ3) is 11.3. The van der Waals surface area contributed by atoms with E-state index < -0.39 is 5.97 Å². The Hall–Kier alpha value is -0.790. The molecule has 0 heterocycles. The lowest BCUT2D eigenvalue weighted by atomic mass is 9.84. The Kier molecular flexibility index (Phi) is 7.11. The number of unbranched alkanes of at least 4 members (excludes halogenated alkanes) is 1. The Morgan fingerprint density at radius 2 is 1.94 bits per heavy atom. The number of hydrogen-bond donors (Lipinski definition) is 1. The summed E-state index contributed by atoms with van der Waals surface area (Å²) in [5.41, 5.74) is 0.399. The van der Waals surface area contributed by atoms with Crippen LogP contribution < -0.4 is 0 Å². The van der Waals surface area contributed by atoms with Gasteiger partial charge in [0.1, 0.15) is 0 Å². The van der Waals surface area contributed by atoms with Crippen molar-refractivity contribution in [3.63, 3.8) is 0 Å². The molecule has 0 radical (unpaired) electrons. The Labute approximate surface area is 99.7 Å². The number of aliphatic carboxylic acids is 1. The zero-order valence-electron chi connectivity index (χ0n) is 11.1. The highest BCUT2D eigenvalue weighted by molar-refractivity contribution is 5.66. The van der Waals surface area contributed by atoms with Gasteiger partial charge in [0.15, 0.2) is 0 Å². The molecular weight excluding hydrogens is 200 g/mol. The van der Waals surface area contributed by atoms with Crippen molar-refractivity contribution in [2.24, 2.45) is 11.3 Å². The Morgan fingerprint density at radius 3 is 2.44 bits per heavy atom. The first-order chi connectivity index (χ1) is 7.31. The standard InChI is InChI=1S/C14H26O2/c1-12(11-14(2,3)4)9-7-5-6-8-10-13(15)16/h5,7,12H,6,8-11H2,1-4H3,(H,15,16). The molecule has 1 atom stereocenters. The molecule has 0 bridgehead atoms. The van der Waals surface area contributed by atoms with Crippen molar-refractivity contribution in [1.29, 1.82) is 0 Å².